The standard InChI is InChI=1S/C5H3N2S/c1-2-8-5-4(1)3-6-7-5/h1H,2H2. The zero-order chi connectivity index (χ0) is 5.40. The molecule has 2 rings (SSSR count). The largest absolute Gasteiger partial charge is 0.147 e. The number of fused-ring (bicyclic) bond motifs is 1. The van der Waals surface area contributed by atoms with Gasteiger partial charge in [0.1, 0.15) is 11.3 Å². The van der Waals surface area contributed by atoms with E-state index in [2.05, 4.69) is 22.5 Å². The van der Waals surface area contributed by atoms with Gasteiger partial charge in [0.25, 0.3) is 0 Å². The van der Waals surface area contributed by atoms with Gasteiger partial charge in [-0.05, 0) is 0 Å². The van der Waals surface area contributed by atoms with Crippen LogP contribution in [-0.4, -0.2) is 17.0 Å². The molecule has 0 amide bonds. The monoisotopic (exact) mass is 123 g/mol. The van der Waals surface area contributed by atoms with Crippen molar-refractivity contribution in [2.75, 3.05) is 5.75 Å². The minimum atomic E-state index is 1.03. The molecule has 0 saturated carbocycles. The van der Waals surface area contributed by atoms with Crippen molar-refractivity contribution in [2.45, 2.75) is 0 Å². The first-order valence-electron chi connectivity index (χ1n) is 2.34. The van der Waals surface area contributed by atoms with Crippen LogP contribution in [0.3, 0.4) is 0 Å². The Morgan fingerprint density at radius 3 is 3.62 bits per heavy atom. The van der Waals surface area contributed by atoms with Crippen molar-refractivity contribution in [1.82, 2.24) is 0 Å². The summed E-state index contributed by atoms with van der Waals surface area (Å²) in [4.78, 5) is 0. The number of hydrogen-bond donors (Lipinski definition) is 0. The van der Waals surface area contributed by atoms with Crippen molar-refractivity contribution in [3.63, 3.8) is 0 Å². The maximum atomic E-state index is 3.82. The maximum absolute atomic E-state index is 3.82. The van der Waals surface area contributed by atoms with Crippen molar-refractivity contribution in [3.8, 4) is 0 Å². The van der Waals surface area contributed by atoms with E-state index >= 15 is 0 Å². The van der Waals surface area contributed by atoms with Crippen LogP contribution in [-0.2, 0) is 0 Å². The molecule has 2 aliphatic heterocycles. The van der Waals surface area contributed by atoms with Crippen molar-refractivity contribution in [1.29, 1.82) is 0 Å². The van der Waals surface area contributed by atoms with E-state index in [-0.39, 0.29) is 0 Å². The fourth-order valence-corrected chi connectivity index (χ4v) is 1.46. The van der Waals surface area contributed by atoms with E-state index in [1.165, 1.54) is 0 Å². The summed E-state index contributed by atoms with van der Waals surface area (Å²) in [6.07, 6.45) is 4.86. The highest BCUT2D eigenvalue weighted by molar-refractivity contribution is 8.15. The number of thioether (sulfide) groups is 1. The van der Waals surface area contributed by atoms with Gasteiger partial charge in [0.2, 0.25) is 0 Å². The van der Waals surface area contributed by atoms with Crippen LogP contribution in [0.5, 0.6) is 0 Å². The number of hydrogen-bond acceptors (Lipinski definition) is 3. The molecule has 0 atom stereocenters. The summed E-state index contributed by atoms with van der Waals surface area (Å²) < 4.78 is 0. The van der Waals surface area contributed by atoms with Crippen LogP contribution in [0.1, 0.15) is 0 Å². The average molecular weight is 123 g/mol. The molecular weight excluding hydrogens is 120 g/mol. The molecule has 0 unspecified atom stereocenters. The Kier molecular flexibility index (Phi) is 0.784. The lowest BCUT2D eigenvalue weighted by atomic mass is 10.3. The second-order valence-electron chi connectivity index (χ2n) is 1.55. The minimum Gasteiger partial charge on any atom is -0.147 e. The van der Waals surface area contributed by atoms with Crippen molar-refractivity contribution in [3.05, 3.63) is 11.6 Å². The highest BCUT2D eigenvalue weighted by atomic mass is 32.2. The highest BCUT2D eigenvalue weighted by Crippen LogP contribution is 2.22. The van der Waals surface area contributed by atoms with E-state index in [1.54, 1.807) is 11.8 Å². The molecule has 2 heterocycles. The molecular formula is C5H3N2S. The fourth-order valence-electron chi connectivity index (χ4n) is 0.669. The molecule has 39 valence electrons. The summed E-state index contributed by atoms with van der Waals surface area (Å²) >= 11 is 1.71. The van der Waals surface area contributed by atoms with E-state index in [9.17, 15) is 0 Å². The molecule has 0 aliphatic carbocycles. The Morgan fingerprint density at radius 2 is 2.75 bits per heavy atom. The lowest BCUT2D eigenvalue weighted by molar-refractivity contribution is 1.29. The molecule has 0 N–H and O–H groups in total. The quantitative estimate of drug-likeness (QED) is 0.470. The van der Waals surface area contributed by atoms with E-state index < -0.39 is 0 Å². The Labute approximate surface area is 51.4 Å². The average Bonchev–Trinajstić information content (AvgIpc) is 2.15. The fraction of sp³-hybridized carbons (Fsp3) is 0.200. The van der Waals surface area contributed by atoms with Gasteiger partial charge in [-0.25, -0.2) is 0 Å². The predicted octanol–water partition coefficient (Wildman–Crippen LogP) is 0.935. The zero-order valence-corrected chi connectivity index (χ0v) is 4.90. The van der Waals surface area contributed by atoms with Crippen LogP contribution >= 0.6 is 11.8 Å². The van der Waals surface area contributed by atoms with Crippen LogP contribution in [0, 0.1) is 0 Å². The third-order valence-electron chi connectivity index (χ3n) is 1.05. The summed E-state index contributed by atoms with van der Waals surface area (Å²) in [6.45, 7) is 0. The first-order chi connectivity index (χ1) is 3.97. The second kappa shape index (κ2) is 1.45. The molecule has 0 saturated heterocycles. The molecule has 0 spiro atoms. The topological polar surface area (TPSA) is 24.7 Å². The molecule has 8 heavy (non-hydrogen) atoms. The summed E-state index contributed by atoms with van der Waals surface area (Å²) in [7, 11) is 0. The van der Waals surface area contributed by atoms with E-state index in [0.717, 1.165) is 16.4 Å². The lowest BCUT2D eigenvalue weighted by Crippen LogP contribution is -1.84. The van der Waals surface area contributed by atoms with Crippen LogP contribution in [0.4, 0.5) is 0 Å². The van der Waals surface area contributed by atoms with Crippen LogP contribution in [0.2, 0.25) is 0 Å². The molecule has 0 bridgehead atoms. The van der Waals surface area contributed by atoms with Crippen LogP contribution < -0.4 is 0 Å². The molecule has 0 aromatic rings. The van der Waals surface area contributed by atoms with Gasteiger partial charge in [-0.1, -0.05) is 17.8 Å². The molecule has 1 radical (unpaired) electrons. The van der Waals surface area contributed by atoms with Gasteiger partial charge in [-0.3, -0.25) is 0 Å². The summed E-state index contributed by atoms with van der Waals surface area (Å²) in [6, 6.07) is 0. The molecule has 2 nitrogen and oxygen atoms in total. The van der Waals surface area contributed by atoms with Gasteiger partial charge in [0, 0.05) is 11.3 Å². The second-order valence-corrected chi connectivity index (χ2v) is 2.55. The van der Waals surface area contributed by atoms with Gasteiger partial charge >= 0.3 is 0 Å². The number of nitrogens with zero attached hydrogens (tertiary/aromatic N) is 2. The maximum Gasteiger partial charge on any atom is 0.128 e. The Morgan fingerprint density at radius 1 is 1.75 bits per heavy atom. The zero-order valence-electron chi connectivity index (χ0n) is 4.09. The third-order valence-corrected chi connectivity index (χ3v) is 1.96. The summed E-state index contributed by atoms with van der Waals surface area (Å²) in [5.41, 5.74) is 1.08. The van der Waals surface area contributed by atoms with Gasteiger partial charge in [-0.2, -0.15) is 0 Å². The smallest absolute Gasteiger partial charge is 0.128 e. The predicted molar refractivity (Wildman–Crippen MR) is 35.4 cm³/mol. The molecule has 0 fully saturated rings. The molecule has 0 aromatic carbocycles. The van der Waals surface area contributed by atoms with Gasteiger partial charge in [-0.15, -0.1) is 10.2 Å². The van der Waals surface area contributed by atoms with Crippen molar-refractivity contribution in [2.24, 2.45) is 10.2 Å². The number of rotatable bonds is 0. The molecule has 3 heteroatoms. The first-order valence-corrected chi connectivity index (χ1v) is 3.32. The van der Waals surface area contributed by atoms with E-state index in [0.29, 0.717) is 0 Å². The van der Waals surface area contributed by atoms with Gasteiger partial charge < -0.3 is 0 Å². The normalized spacial score (nSPS) is 23.0. The van der Waals surface area contributed by atoms with Gasteiger partial charge in [0.05, 0.1) is 0 Å². The van der Waals surface area contributed by atoms with Gasteiger partial charge in [0.15, 0.2) is 0 Å². The molecule has 2 aliphatic rings. The van der Waals surface area contributed by atoms with Crippen LogP contribution in [0.15, 0.2) is 21.9 Å². The molecule has 0 aromatic heterocycles. The van der Waals surface area contributed by atoms with Crippen molar-refractivity contribution < 1.29 is 0 Å². The first kappa shape index (κ1) is 4.32. The van der Waals surface area contributed by atoms with Crippen LogP contribution in [0.25, 0.3) is 0 Å². The van der Waals surface area contributed by atoms with E-state index in [1.807, 2.05) is 0 Å². The SMILES string of the molecule is [C]1=NN=C2SCC=C12. The summed E-state index contributed by atoms with van der Waals surface area (Å²) in [5, 5.41) is 8.47. The highest BCUT2D eigenvalue weighted by Gasteiger charge is 2.15. The Bertz CT molecular complexity index is 202. The van der Waals surface area contributed by atoms with Crippen molar-refractivity contribution >= 4 is 23.0 Å². The lowest BCUT2D eigenvalue weighted by Gasteiger charge is -1.81. The Hall–Kier alpha value is -0.570. The van der Waals surface area contributed by atoms with E-state index in [4.69, 9.17) is 0 Å². The third kappa shape index (κ3) is 0.448. The Balaban J connectivity index is 2.49. The summed E-state index contributed by atoms with van der Waals surface area (Å²) in [5.74, 6) is 1.04. The minimum absolute atomic E-state index is 1.03.